The fourth-order valence-corrected chi connectivity index (χ4v) is 2.89. The Hall–Kier alpha value is -3.68. The summed E-state index contributed by atoms with van der Waals surface area (Å²) < 4.78 is 11.2. The zero-order valence-electron chi connectivity index (χ0n) is 15.7. The van der Waals surface area contributed by atoms with Crippen molar-refractivity contribution < 1.29 is 19.1 Å². The molecule has 0 atom stereocenters. The Morgan fingerprint density at radius 3 is 2.54 bits per heavy atom. The second-order valence-corrected chi connectivity index (χ2v) is 5.85. The third-order valence-corrected chi connectivity index (χ3v) is 4.32. The number of aryl methyl sites for hydroxylation is 1. The number of hydrogen-bond acceptors (Lipinski definition) is 7. The molecular weight excluding hydrogens is 362 g/mol. The molecule has 0 spiro atoms. The molecule has 8 heteroatoms. The molecule has 1 aromatic heterocycles. The van der Waals surface area contributed by atoms with Gasteiger partial charge in [-0.1, -0.05) is 6.08 Å². The summed E-state index contributed by atoms with van der Waals surface area (Å²) in [6, 6.07) is 4.99. The highest BCUT2D eigenvalue weighted by Crippen LogP contribution is 2.27. The summed E-state index contributed by atoms with van der Waals surface area (Å²) >= 11 is 0. The first-order valence-corrected chi connectivity index (χ1v) is 8.56. The summed E-state index contributed by atoms with van der Waals surface area (Å²) in [6.45, 7) is 2.38. The lowest BCUT2D eigenvalue weighted by molar-refractivity contribution is -0.139. The van der Waals surface area contributed by atoms with Crippen LogP contribution in [0.3, 0.4) is 0 Å². The maximum atomic E-state index is 12.5. The Morgan fingerprint density at radius 1 is 1.11 bits per heavy atom. The highest BCUT2D eigenvalue weighted by atomic mass is 16.5. The van der Waals surface area contributed by atoms with Gasteiger partial charge in [-0.3, -0.25) is 9.36 Å². The van der Waals surface area contributed by atoms with Crippen molar-refractivity contribution in [2.24, 2.45) is 0 Å². The van der Waals surface area contributed by atoms with Crippen LogP contribution in [-0.4, -0.2) is 35.7 Å². The normalized spacial score (nSPS) is 13.6. The Balaban J connectivity index is 2.21. The maximum Gasteiger partial charge on any atom is 0.355 e. The average molecular weight is 381 g/mol. The second-order valence-electron chi connectivity index (χ2n) is 5.85. The van der Waals surface area contributed by atoms with Crippen molar-refractivity contribution in [3.8, 4) is 0 Å². The monoisotopic (exact) mass is 381 g/mol. The van der Waals surface area contributed by atoms with Gasteiger partial charge in [0, 0.05) is 18.4 Å². The number of anilines is 1. The summed E-state index contributed by atoms with van der Waals surface area (Å²) in [6.07, 6.45) is 7.87. The predicted molar refractivity (Wildman–Crippen MR) is 103 cm³/mol. The number of allylic oxidation sites excluding steroid dienone is 2. The summed E-state index contributed by atoms with van der Waals surface area (Å²) in [5, 5.41) is 0.460. The van der Waals surface area contributed by atoms with Crippen LogP contribution in [0.25, 0.3) is 10.9 Å². The van der Waals surface area contributed by atoms with Gasteiger partial charge < -0.3 is 14.4 Å². The molecule has 8 nitrogen and oxygen atoms in total. The number of ether oxygens (including phenoxy) is 2. The molecule has 0 saturated carbocycles. The van der Waals surface area contributed by atoms with Gasteiger partial charge in [0.2, 0.25) is 0 Å². The summed E-state index contributed by atoms with van der Waals surface area (Å²) in [5.41, 5.74) is 0.914. The molecule has 0 saturated heterocycles. The number of esters is 2. The minimum atomic E-state index is -0.703. The third-order valence-electron chi connectivity index (χ3n) is 4.32. The molecule has 0 bridgehead atoms. The molecule has 2 heterocycles. The zero-order chi connectivity index (χ0) is 20.3. The second kappa shape index (κ2) is 7.91. The molecule has 0 unspecified atom stereocenters. The predicted octanol–water partition coefficient (Wildman–Crippen LogP) is 1.91. The van der Waals surface area contributed by atoms with Crippen molar-refractivity contribution in [1.29, 1.82) is 0 Å². The lowest BCUT2D eigenvalue weighted by Gasteiger charge is -2.23. The Labute approximate surface area is 161 Å². The minimum absolute atomic E-state index is 0.000556. The highest BCUT2D eigenvalue weighted by molar-refractivity contribution is 6.05. The number of hydrogen-bond donors (Lipinski definition) is 0. The van der Waals surface area contributed by atoms with Gasteiger partial charge >= 0.3 is 11.9 Å². The maximum absolute atomic E-state index is 12.5. The van der Waals surface area contributed by atoms with Gasteiger partial charge in [0.05, 0.1) is 37.0 Å². The number of fused-ring (bicyclic) bond motifs is 1. The molecule has 0 N–H and O–H groups in total. The SMILES string of the molecule is CCn1cnc2cc(N3C=CC=CC(C(=O)OC)=C3C(=O)OC)ccc2c1=O. The van der Waals surface area contributed by atoms with Crippen molar-refractivity contribution in [2.45, 2.75) is 13.5 Å². The molecule has 1 aliphatic heterocycles. The number of nitrogens with zero attached hydrogens (tertiary/aromatic N) is 3. The van der Waals surface area contributed by atoms with Crippen molar-refractivity contribution in [3.63, 3.8) is 0 Å². The van der Waals surface area contributed by atoms with E-state index >= 15 is 0 Å². The first-order valence-electron chi connectivity index (χ1n) is 8.56. The molecule has 0 amide bonds. The van der Waals surface area contributed by atoms with Crippen LogP contribution < -0.4 is 10.5 Å². The largest absolute Gasteiger partial charge is 0.465 e. The van der Waals surface area contributed by atoms with Gasteiger partial charge in [0.1, 0.15) is 5.70 Å². The minimum Gasteiger partial charge on any atom is -0.465 e. The summed E-state index contributed by atoms with van der Waals surface area (Å²) in [5.74, 6) is -1.37. The van der Waals surface area contributed by atoms with Crippen LogP contribution in [0.15, 0.2) is 65.0 Å². The molecule has 0 radical (unpaired) electrons. The Bertz CT molecular complexity index is 1090. The number of carbonyl (C=O) groups excluding carboxylic acids is 2. The van der Waals surface area contributed by atoms with E-state index in [0.29, 0.717) is 23.1 Å². The van der Waals surface area contributed by atoms with Gasteiger partial charge in [0.15, 0.2) is 0 Å². The van der Waals surface area contributed by atoms with Gasteiger partial charge in [0.25, 0.3) is 5.56 Å². The lowest BCUT2D eigenvalue weighted by Crippen LogP contribution is -2.27. The Morgan fingerprint density at radius 2 is 1.86 bits per heavy atom. The van der Waals surface area contributed by atoms with Crippen molar-refractivity contribution in [2.75, 3.05) is 19.1 Å². The van der Waals surface area contributed by atoms with Gasteiger partial charge in [-0.05, 0) is 37.3 Å². The fourth-order valence-electron chi connectivity index (χ4n) is 2.89. The van der Waals surface area contributed by atoms with E-state index in [1.165, 1.54) is 36.1 Å². The van der Waals surface area contributed by atoms with Gasteiger partial charge in [-0.2, -0.15) is 0 Å². The van der Waals surface area contributed by atoms with Gasteiger partial charge in [-0.25, -0.2) is 14.6 Å². The van der Waals surface area contributed by atoms with Crippen LogP contribution in [0.4, 0.5) is 5.69 Å². The smallest absolute Gasteiger partial charge is 0.355 e. The molecule has 144 valence electrons. The van der Waals surface area contributed by atoms with Crippen molar-refractivity contribution >= 4 is 28.5 Å². The molecule has 28 heavy (non-hydrogen) atoms. The molecule has 1 aromatic carbocycles. The summed E-state index contributed by atoms with van der Waals surface area (Å²) in [7, 11) is 2.47. The van der Waals surface area contributed by atoms with E-state index in [1.54, 1.807) is 36.6 Å². The number of benzene rings is 1. The van der Waals surface area contributed by atoms with Crippen LogP contribution in [-0.2, 0) is 25.6 Å². The van der Waals surface area contributed by atoms with E-state index in [2.05, 4.69) is 4.98 Å². The lowest BCUT2D eigenvalue weighted by atomic mass is 10.1. The van der Waals surface area contributed by atoms with Crippen LogP contribution in [0, 0.1) is 0 Å². The van der Waals surface area contributed by atoms with E-state index < -0.39 is 11.9 Å². The molecular formula is C20H19N3O5. The zero-order valence-corrected chi connectivity index (χ0v) is 15.7. The van der Waals surface area contributed by atoms with Gasteiger partial charge in [-0.15, -0.1) is 0 Å². The molecule has 2 aromatic rings. The van der Waals surface area contributed by atoms with E-state index in [-0.39, 0.29) is 16.8 Å². The van der Waals surface area contributed by atoms with Crippen LogP contribution in [0.1, 0.15) is 6.92 Å². The molecule has 0 aliphatic carbocycles. The standard InChI is InChI=1S/C20H19N3O5/c1-4-22-12-21-16-11-13(8-9-14(16)18(22)24)23-10-6-5-7-15(19(25)27-2)17(23)20(26)28-3/h5-12H,4H2,1-3H3. The Kier molecular flexibility index (Phi) is 5.39. The fraction of sp³-hybridized carbons (Fsp3) is 0.200. The number of aromatic nitrogens is 2. The molecule has 3 rings (SSSR count). The quantitative estimate of drug-likeness (QED) is 0.747. The highest BCUT2D eigenvalue weighted by Gasteiger charge is 2.27. The summed E-state index contributed by atoms with van der Waals surface area (Å²) in [4.78, 5) is 42.9. The van der Waals surface area contributed by atoms with Crippen molar-refractivity contribution in [3.05, 3.63) is 70.6 Å². The van der Waals surface area contributed by atoms with Crippen molar-refractivity contribution in [1.82, 2.24) is 9.55 Å². The van der Waals surface area contributed by atoms with E-state index in [4.69, 9.17) is 9.47 Å². The van der Waals surface area contributed by atoms with E-state index in [1.807, 2.05) is 6.92 Å². The molecule has 1 aliphatic rings. The first-order chi connectivity index (χ1) is 13.5. The first kappa shape index (κ1) is 19.1. The van der Waals surface area contributed by atoms with Crippen LogP contribution in [0.2, 0.25) is 0 Å². The van der Waals surface area contributed by atoms with E-state index in [0.717, 1.165) is 0 Å². The van der Waals surface area contributed by atoms with E-state index in [9.17, 15) is 14.4 Å². The molecule has 0 fully saturated rings. The number of rotatable bonds is 4. The number of methoxy groups -OCH3 is 2. The topological polar surface area (TPSA) is 90.7 Å². The average Bonchev–Trinajstić information content (AvgIpc) is 2.95. The van der Waals surface area contributed by atoms with Crippen LogP contribution >= 0.6 is 0 Å². The number of carbonyl (C=O) groups is 2. The van der Waals surface area contributed by atoms with Crippen LogP contribution in [0.5, 0.6) is 0 Å². The third kappa shape index (κ3) is 3.32.